The first kappa shape index (κ1) is 37.7. The lowest BCUT2D eigenvalue weighted by Gasteiger charge is -2.48. The molecule has 7 aromatic carbocycles. The number of fused-ring (bicyclic) bond motifs is 8. The SMILES string of the molecule is C=CC1C[C@H]2CC(C)C[C@@H](C1)C2c1ccc(N(c2ccc(-n3c4ccccc4c4ccccc43)cc2)c2ccc3c(c2)C(C)(C)c2ccccc2-3)cc1Oc1ccccc1C. The highest BCUT2D eigenvalue weighted by molar-refractivity contribution is 6.09. The number of aryl methyl sites for hydroxylation is 1. The second-order valence-electron chi connectivity index (χ2n) is 18.8. The van der Waals surface area contributed by atoms with E-state index in [1.165, 1.54) is 75.3 Å². The van der Waals surface area contributed by atoms with Crippen molar-refractivity contribution in [2.75, 3.05) is 4.90 Å². The Bertz CT molecular complexity index is 2900. The van der Waals surface area contributed by atoms with Crippen molar-refractivity contribution in [2.24, 2.45) is 23.7 Å². The molecule has 3 nitrogen and oxygen atoms in total. The Labute approximate surface area is 361 Å². The maximum absolute atomic E-state index is 7.15. The van der Waals surface area contributed by atoms with Gasteiger partial charge in [0.1, 0.15) is 11.5 Å². The Balaban J connectivity index is 1.08. The van der Waals surface area contributed by atoms with Crippen molar-refractivity contribution in [2.45, 2.75) is 64.7 Å². The van der Waals surface area contributed by atoms with Gasteiger partial charge in [0, 0.05) is 45.0 Å². The van der Waals surface area contributed by atoms with Crippen LogP contribution in [0.4, 0.5) is 17.1 Å². The van der Waals surface area contributed by atoms with E-state index in [-0.39, 0.29) is 5.41 Å². The number of para-hydroxylation sites is 3. The molecule has 302 valence electrons. The van der Waals surface area contributed by atoms with Crippen LogP contribution in [0.15, 0.2) is 170 Å². The lowest BCUT2D eigenvalue weighted by Crippen LogP contribution is -2.37. The predicted octanol–water partition coefficient (Wildman–Crippen LogP) is 16.0. The quantitative estimate of drug-likeness (QED) is 0.143. The monoisotopic (exact) mass is 794 g/mol. The molecule has 11 rings (SSSR count). The Kier molecular flexibility index (Phi) is 9.07. The molecule has 3 heteroatoms. The number of anilines is 3. The molecular weight excluding hydrogens is 741 g/mol. The van der Waals surface area contributed by atoms with Gasteiger partial charge in [0.15, 0.2) is 0 Å². The summed E-state index contributed by atoms with van der Waals surface area (Å²) in [7, 11) is 0. The van der Waals surface area contributed by atoms with Gasteiger partial charge < -0.3 is 14.2 Å². The lowest BCUT2D eigenvalue weighted by atomic mass is 9.57. The summed E-state index contributed by atoms with van der Waals surface area (Å²) in [6, 6.07) is 58.3. The fraction of sp³-hybridized carbons (Fsp3) is 0.241. The minimum atomic E-state index is -0.129. The molecule has 0 radical (unpaired) electrons. The Morgan fingerprint density at radius 1 is 0.607 bits per heavy atom. The predicted molar refractivity (Wildman–Crippen MR) is 255 cm³/mol. The molecule has 0 spiro atoms. The fourth-order valence-electron chi connectivity index (χ4n) is 11.9. The van der Waals surface area contributed by atoms with Gasteiger partial charge in [-0.3, -0.25) is 0 Å². The smallest absolute Gasteiger partial charge is 0.133 e. The summed E-state index contributed by atoms with van der Waals surface area (Å²) in [5.74, 6) is 4.90. The summed E-state index contributed by atoms with van der Waals surface area (Å²) in [4.78, 5) is 2.45. The van der Waals surface area contributed by atoms with Gasteiger partial charge in [-0.05, 0) is 156 Å². The molecule has 3 aliphatic rings. The highest BCUT2D eigenvalue weighted by atomic mass is 16.5. The van der Waals surface area contributed by atoms with E-state index >= 15 is 0 Å². The van der Waals surface area contributed by atoms with Gasteiger partial charge in [-0.25, -0.2) is 0 Å². The molecule has 0 N–H and O–H groups in total. The number of ether oxygens (including phenoxy) is 1. The first-order valence-electron chi connectivity index (χ1n) is 22.4. The van der Waals surface area contributed by atoms with Crippen LogP contribution >= 0.6 is 0 Å². The van der Waals surface area contributed by atoms with Gasteiger partial charge in [0.25, 0.3) is 0 Å². The van der Waals surface area contributed by atoms with Crippen LogP contribution in [0.3, 0.4) is 0 Å². The second-order valence-corrected chi connectivity index (χ2v) is 18.8. The average molecular weight is 795 g/mol. The number of hydrogen-bond donors (Lipinski definition) is 0. The molecule has 8 aromatic rings. The fourth-order valence-corrected chi connectivity index (χ4v) is 11.9. The third-order valence-electron chi connectivity index (χ3n) is 14.7. The summed E-state index contributed by atoms with van der Waals surface area (Å²) in [6.45, 7) is 13.6. The highest BCUT2D eigenvalue weighted by Crippen LogP contribution is 2.57. The Hall–Kier alpha value is -6.32. The number of aromatic nitrogens is 1. The van der Waals surface area contributed by atoms with Crippen LogP contribution in [0.5, 0.6) is 11.5 Å². The number of rotatable bonds is 8. The van der Waals surface area contributed by atoms with Crippen LogP contribution < -0.4 is 9.64 Å². The van der Waals surface area contributed by atoms with E-state index < -0.39 is 0 Å². The van der Waals surface area contributed by atoms with Crippen molar-refractivity contribution < 1.29 is 4.74 Å². The maximum atomic E-state index is 7.15. The molecule has 2 bridgehead atoms. The van der Waals surface area contributed by atoms with Crippen LogP contribution in [0.25, 0.3) is 38.6 Å². The highest BCUT2D eigenvalue weighted by Gasteiger charge is 2.44. The largest absolute Gasteiger partial charge is 0.457 e. The topological polar surface area (TPSA) is 17.4 Å². The third-order valence-corrected chi connectivity index (χ3v) is 14.7. The Morgan fingerprint density at radius 2 is 1.20 bits per heavy atom. The zero-order chi connectivity index (χ0) is 41.4. The third kappa shape index (κ3) is 6.23. The molecular formula is C58H54N2O. The summed E-state index contributed by atoms with van der Waals surface area (Å²) >= 11 is 0. The first-order chi connectivity index (χ1) is 29.8. The normalized spacial score (nSPS) is 21.2. The average Bonchev–Trinajstić information content (AvgIpc) is 3.73. The van der Waals surface area contributed by atoms with Crippen molar-refractivity contribution >= 4 is 38.9 Å². The number of nitrogens with zero attached hydrogens (tertiary/aromatic N) is 2. The summed E-state index contributed by atoms with van der Waals surface area (Å²) < 4.78 is 9.55. The molecule has 3 aliphatic carbocycles. The molecule has 61 heavy (non-hydrogen) atoms. The van der Waals surface area contributed by atoms with E-state index in [9.17, 15) is 0 Å². The molecule has 0 saturated heterocycles. The molecule has 0 amide bonds. The molecule has 3 unspecified atom stereocenters. The second kappa shape index (κ2) is 14.7. The van der Waals surface area contributed by atoms with Crippen LogP contribution in [0.1, 0.15) is 74.6 Å². The van der Waals surface area contributed by atoms with E-state index in [0.29, 0.717) is 23.7 Å². The molecule has 1 aromatic heterocycles. The van der Waals surface area contributed by atoms with Gasteiger partial charge in [0.05, 0.1) is 11.0 Å². The Morgan fingerprint density at radius 3 is 1.90 bits per heavy atom. The van der Waals surface area contributed by atoms with Crippen molar-refractivity contribution in [1.82, 2.24) is 4.57 Å². The number of benzene rings is 7. The minimum absolute atomic E-state index is 0.129. The lowest BCUT2D eigenvalue weighted by molar-refractivity contribution is 0.0871. The molecule has 1 heterocycles. The van der Waals surface area contributed by atoms with E-state index in [4.69, 9.17) is 4.74 Å². The van der Waals surface area contributed by atoms with Crippen LogP contribution in [0.2, 0.25) is 0 Å². The van der Waals surface area contributed by atoms with E-state index in [0.717, 1.165) is 45.7 Å². The van der Waals surface area contributed by atoms with Crippen molar-refractivity contribution in [3.8, 4) is 28.3 Å². The van der Waals surface area contributed by atoms with Crippen LogP contribution in [-0.2, 0) is 5.41 Å². The molecule has 2 saturated carbocycles. The van der Waals surface area contributed by atoms with Crippen molar-refractivity contribution in [3.63, 3.8) is 0 Å². The van der Waals surface area contributed by atoms with Crippen LogP contribution in [-0.4, -0.2) is 4.57 Å². The van der Waals surface area contributed by atoms with Crippen LogP contribution in [0, 0.1) is 30.6 Å². The van der Waals surface area contributed by atoms with Crippen molar-refractivity contribution in [1.29, 1.82) is 0 Å². The standard InChI is InChI=1S/C58H54N2O/c1-6-39-33-40-31-37(2)32-41(34-39)57(40)50-30-28-45(36-56(50)61-55-22-14-7-15-38(55)3)59(44-27-29-47-46-16-8-11-19-51(46)58(4,5)52(47)35-44)42-23-25-43(26-24-42)60-53-20-12-9-17-48(53)49-18-10-13-21-54(49)60/h6-30,35-37,39-41,57H,1,31-34H2,2-5H3/t37?,39?,40-,41+,57?. The minimum Gasteiger partial charge on any atom is -0.457 e. The summed E-state index contributed by atoms with van der Waals surface area (Å²) in [5, 5.41) is 2.53. The maximum Gasteiger partial charge on any atom is 0.133 e. The summed E-state index contributed by atoms with van der Waals surface area (Å²) in [5.41, 5.74) is 14.6. The molecule has 5 atom stereocenters. The number of allylic oxidation sites excluding steroid dienone is 1. The van der Waals surface area contributed by atoms with Gasteiger partial charge in [-0.15, -0.1) is 6.58 Å². The van der Waals surface area contributed by atoms with Gasteiger partial charge in [-0.2, -0.15) is 0 Å². The van der Waals surface area contributed by atoms with E-state index in [1.54, 1.807) is 0 Å². The molecule has 0 aliphatic heterocycles. The zero-order valence-electron chi connectivity index (χ0n) is 35.8. The summed E-state index contributed by atoms with van der Waals surface area (Å²) in [6.07, 6.45) is 7.15. The zero-order valence-corrected chi connectivity index (χ0v) is 35.8. The van der Waals surface area contributed by atoms with E-state index in [1.807, 2.05) is 0 Å². The van der Waals surface area contributed by atoms with Crippen molar-refractivity contribution in [3.05, 3.63) is 193 Å². The van der Waals surface area contributed by atoms with Gasteiger partial charge >= 0.3 is 0 Å². The van der Waals surface area contributed by atoms with Gasteiger partial charge in [0.2, 0.25) is 0 Å². The number of hydrogen-bond acceptors (Lipinski definition) is 2. The van der Waals surface area contributed by atoms with E-state index in [2.05, 4.69) is 208 Å². The molecule has 2 fully saturated rings. The first-order valence-corrected chi connectivity index (χ1v) is 22.4. The van der Waals surface area contributed by atoms with Gasteiger partial charge in [-0.1, -0.05) is 118 Å².